The fourth-order valence-corrected chi connectivity index (χ4v) is 6.14. The zero-order valence-corrected chi connectivity index (χ0v) is 13.7. The standard InChI is InChI=1S/C10H8Br2N2O2S2/c11-9-5-8(10(12)17-9)18(15,16)14-7-3-1-6(13)2-4-7/h1-5,14H,13H2. The molecule has 0 saturated carbocycles. The fraction of sp³-hybridized carbons (Fsp3) is 0. The van der Waals surface area contributed by atoms with Gasteiger partial charge in [-0.15, -0.1) is 11.3 Å². The highest BCUT2D eigenvalue weighted by Gasteiger charge is 2.20. The van der Waals surface area contributed by atoms with E-state index in [1.54, 1.807) is 30.3 Å². The van der Waals surface area contributed by atoms with E-state index in [2.05, 4.69) is 36.6 Å². The van der Waals surface area contributed by atoms with E-state index >= 15 is 0 Å². The molecule has 0 saturated heterocycles. The van der Waals surface area contributed by atoms with Gasteiger partial charge in [0.15, 0.2) is 0 Å². The van der Waals surface area contributed by atoms with Gasteiger partial charge in [-0.2, -0.15) is 0 Å². The summed E-state index contributed by atoms with van der Waals surface area (Å²) < 4.78 is 28.1. The van der Waals surface area contributed by atoms with Crippen molar-refractivity contribution in [3.05, 3.63) is 37.9 Å². The zero-order valence-electron chi connectivity index (χ0n) is 8.85. The second-order valence-electron chi connectivity index (χ2n) is 3.42. The third-order valence-electron chi connectivity index (χ3n) is 2.08. The molecule has 0 aliphatic heterocycles. The molecule has 0 radical (unpaired) electrons. The Morgan fingerprint density at radius 2 is 1.78 bits per heavy atom. The number of hydrogen-bond acceptors (Lipinski definition) is 4. The maximum Gasteiger partial charge on any atom is 0.263 e. The first kappa shape index (κ1) is 13.9. The molecule has 2 aromatic rings. The summed E-state index contributed by atoms with van der Waals surface area (Å²) in [7, 11) is -3.59. The minimum Gasteiger partial charge on any atom is -0.399 e. The largest absolute Gasteiger partial charge is 0.399 e. The molecule has 18 heavy (non-hydrogen) atoms. The molecule has 0 unspecified atom stereocenters. The van der Waals surface area contributed by atoms with E-state index in [0.29, 0.717) is 15.2 Å². The number of benzene rings is 1. The zero-order chi connectivity index (χ0) is 13.3. The number of sulfonamides is 1. The highest BCUT2D eigenvalue weighted by Crippen LogP contribution is 2.35. The van der Waals surface area contributed by atoms with Gasteiger partial charge in [0.2, 0.25) is 0 Å². The second-order valence-corrected chi connectivity index (χ2v) is 8.82. The molecule has 0 atom stereocenters. The van der Waals surface area contributed by atoms with Crippen molar-refractivity contribution in [1.29, 1.82) is 0 Å². The summed E-state index contributed by atoms with van der Waals surface area (Å²) in [6.45, 7) is 0. The number of anilines is 2. The Hall–Kier alpha value is -0.570. The van der Waals surface area contributed by atoms with Crippen LogP contribution in [0.2, 0.25) is 0 Å². The Labute approximate surface area is 126 Å². The lowest BCUT2D eigenvalue weighted by molar-refractivity contribution is 0.601. The third-order valence-corrected chi connectivity index (χ3v) is 6.21. The smallest absolute Gasteiger partial charge is 0.263 e. The van der Waals surface area contributed by atoms with Gasteiger partial charge < -0.3 is 5.73 Å². The Bertz CT molecular complexity index is 666. The predicted molar refractivity (Wildman–Crippen MR) is 81.4 cm³/mol. The van der Waals surface area contributed by atoms with Gasteiger partial charge in [0.05, 0.1) is 7.57 Å². The molecule has 0 bridgehead atoms. The summed E-state index contributed by atoms with van der Waals surface area (Å²) >= 11 is 7.78. The first-order valence-corrected chi connectivity index (χ1v) is 8.60. The summed E-state index contributed by atoms with van der Waals surface area (Å²) in [5.41, 5.74) is 6.59. The van der Waals surface area contributed by atoms with Crippen molar-refractivity contribution in [2.75, 3.05) is 10.5 Å². The van der Waals surface area contributed by atoms with Crippen LogP contribution in [0.4, 0.5) is 11.4 Å². The molecule has 4 nitrogen and oxygen atoms in total. The quantitative estimate of drug-likeness (QED) is 0.757. The summed E-state index contributed by atoms with van der Waals surface area (Å²) in [6.07, 6.45) is 0. The molecule has 0 fully saturated rings. The minimum atomic E-state index is -3.59. The molecule has 1 heterocycles. The number of thiophene rings is 1. The van der Waals surface area contributed by atoms with Crippen molar-refractivity contribution in [2.45, 2.75) is 4.90 Å². The van der Waals surface area contributed by atoms with Crippen molar-refractivity contribution in [3.63, 3.8) is 0 Å². The molecule has 0 aliphatic carbocycles. The first-order chi connectivity index (χ1) is 8.38. The van der Waals surface area contributed by atoms with Gasteiger partial charge in [-0.3, -0.25) is 4.72 Å². The molecule has 0 spiro atoms. The Balaban J connectivity index is 2.33. The maximum absolute atomic E-state index is 12.1. The molecule has 0 aliphatic rings. The Morgan fingerprint density at radius 3 is 2.28 bits per heavy atom. The second kappa shape index (κ2) is 5.20. The van der Waals surface area contributed by atoms with Gasteiger partial charge in [0, 0.05) is 11.4 Å². The van der Waals surface area contributed by atoms with Gasteiger partial charge in [-0.1, -0.05) is 0 Å². The van der Waals surface area contributed by atoms with E-state index in [1.807, 2.05) is 0 Å². The van der Waals surface area contributed by atoms with Crippen molar-refractivity contribution in [2.24, 2.45) is 0 Å². The molecule has 3 N–H and O–H groups in total. The van der Waals surface area contributed by atoms with Crippen LogP contribution < -0.4 is 10.5 Å². The van der Waals surface area contributed by atoms with Crippen molar-refractivity contribution < 1.29 is 8.42 Å². The van der Waals surface area contributed by atoms with Gasteiger partial charge >= 0.3 is 0 Å². The maximum atomic E-state index is 12.1. The van der Waals surface area contributed by atoms with Crippen LogP contribution in [0, 0.1) is 0 Å². The average Bonchev–Trinajstić information content (AvgIpc) is 2.62. The Kier molecular flexibility index (Phi) is 4.00. The van der Waals surface area contributed by atoms with Crippen LogP contribution >= 0.6 is 43.2 Å². The van der Waals surface area contributed by atoms with E-state index in [-0.39, 0.29) is 4.90 Å². The van der Waals surface area contributed by atoms with Crippen LogP contribution in [0.1, 0.15) is 0 Å². The molecule has 96 valence electrons. The van der Waals surface area contributed by atoms with Crippen LogP contribution in [-0.4, -0.2) is 8.42 Å². The Morgan fingerprint density at radius 1 is 1.17 bits per heavy atom. The number of nitrogen functional groups attached to an aromatic ring is 1. The van der Waals surface area contributed by atoms with E-state index in [9.17, 15) is 8.42 Å². The molecule has 0 amide bonds. The topological polar surface area (TPSA) is 72.2 Å². The highest BCUT2D eigenvalue weighted by atomic mass is 79.9. The summed E-state index contributed by atoms with van der Waals surface area (Å²) in [4.78, 5) is 0.205. The normalized spacial score (nSPS) is 11.4. The number of rotatable bonds is 3. The molecular weight excluding hydrogens is 404 g/mol. The van der Waals surface area contributed by atoms with Crippen molar-refractivity contribution in [3.8, 4) is 0 Å². The lowest BCUT2D eigenvalue weighted by Gasteiger charge is -2.07. The van der Waals surface area contributed by atoms with Crippen molar-refractivity contribution >= 4 is 64.6 Å². The van der Waals surface area contributed by atoms with Gasteiger partial charge in [0.1, 0.15) is 4.90 Å². The van der Waals surface area contributed by atoms with E-state index in [1.165, 1.54) is 11.3 Å². The lowest BCUT2D eigenvalue weighted by atomic mass is 10.3. The fourth-order valence-electron chi connectivity index (χ4n) is 1.27. The molecule has 8 heteroatoms. The number of hydrogen-bond donors (Lipinski definition) is 2. The van der Waals surface area contributed by atoms with Gasteiger partial charge in [0.25, 0.3) is 10.0 Å². The van der Waals surface area contributed by atoms with Crippen LogP contribution in [-0.2, 0) is 10.0 Å². The van der Waals surface area contributed by atoms with E-state index in [0.717, 1.165) is 3.79 Å². The summed E-state index contributed by atoms with van der Waals surface area (Å²) in [5, 5.41) is 0. The summed E-state index contributed by atoms with van der Waals surface area (Å²) in [6, 6.07) is 8.05. The van der Waals surface area contributed by atoms with Crippen molar-refractivity contribution in [1.82, 2.24) is 0 Å². The average molecular weight is 412 g/mol. The van der Waals surface area contributed by atoms with Crippen LogP contribution in [0.15, 0.2) is 42.8 Å². The van der Waals surface area contributed by atoms with Crippen LogP contribution in [0.25, 0.3) is 0 Å². The van der Waals surface area contributed by atoms with E-state index in [4.69, 9.17) is 5.73 Å². The van der Waals surface area contributed by atoms with Gasteiger partial charge in [-0.05, 0) is 62.2 Å². The third kappa shape index (κ3) is 3.05. The molecular formula is C10H8Br2N2O2S2. The molecule has 1 aromatic heterocycles. The van der Waals surface area contributed by atoms with Gasteiger partial charge in [-0.25, -0.2) is 8.42 Å². The molecule has 1 aromatic carbocycles. The lowest BCUT2D eigenvalue weighted by Crippen LogP contribution is -2.12. The van der Waals surface area contributed by atoms with Crippen LogP contribution in [0.3, 0.4) is 0 Å². The molecule has 2 rings (SSSR count). The van der Waals surface area contributed by atoms with Crippen LogP contribution in [0.5, 0.6) is 0 Å². The monoisotopic (exact) mass is 410 g/mol. The predicted octanol–water partition coefficient (Wildman–Crippen LogP) is 3.66. The number of nitrogens with two attached hydrogens (primary N) is 1. The SMILES string of the molecule is Nc1ccc(NS(=O)(=O)c2cc(Br)sc2Br)cc1. The first-order valence-electron chi connectivity index (χ1n) is 4.72. The minimum absolute atomic E-state index is 0.205. The number of halogens is 2. The highest BCUT2D eigenvalue weighted by molar-refractivity contribution is 9.12. The summed E-state index contributed by atoms with van der Waals surface area (Å²) in [5.74, 6) is 0. The number of nitrogens with one attached hydrogen (secondary N) is 1. The van der Waals surface area contributed by atoms with E-state index < -0.39 is 10.0 Å².